The molecule has 1 saturated heterocycles. The summed E-state index contributed by atoms with van der Waals surface area (Å²) >= 11 is 1.54. The van der Waals surface area contributed by atoms with Gasteiger partial charge in [-0.2, -0.15) is 0 Å². The number of nitrogens with zero attached hydrogens (tertiary/aromatic N) is 5. The van der Waals surface area contributed by atoms with Crippen molar-refractivity contribution in [2.45, 2.75) is 44.3 Å². The van der Waals surface area contributed by atoms with Gasteiger partial charge in [0.25, 0.3) is 0 Å². The van der Waals surface area contributed by atoms with E-state index >= 15 is 0 Å². The molecule has 1 aliphatic carbocycles. The van der Waals surface area contributed by atoms with Crippen LogP contribution in [0, 0.1) is 0 Å². The number of anilines is 1. The molecule has 0 amide bonds. The summed E-state index contributed by atoms with van der Waals surface area (Å²) in [5.41, 5.74) is 1.33. The van der Waals surface area contributed by atoms with E-state index in [2.05, 4.69) is 29.5 Å². The Kier molecular flexibility index (Phi) is 4.62. The lowest BCUT2D eigenvalue weighted by molar-refractivity contribution is 0.200. The number of piperidine rings is 1. The molecule has 4 rings (SSSR count). The Hall–Kier alpha value is -1.73. The molecule has 2 fully saturated rings. The van der Waals surface area contributed by atoms with Crippen molar-refractivity contribution in [3.8, 4) is 5.88 Å². The Bertz CT molecular complexity index is 653. The molecule has 0 N–H and O–H groups in total. The van der Waals surface area contributed by atoms with Gasteiger partial charge in [-0.15, -0.1) is 0 Å². The molecule has 0 atom stereocenters. The Balaban J connectivity index is 1.42. The molecule has 128 valence electrons. The fourth-order valence-corrected chi connectivity index (χ4v) is 4.05. The number of hydrogen-bond acceptors (Lipinski definition) is 7. The summed E-state index contributed by atoms with van der Waals surface area (Å²) in [6, 6.07) is 3.18. The van der Waals surface area contributed by atoms with Crippen LogP contribution in [0.3, 0.4) is 0 Å². The van der Waals surface area contributed by atoms with Crippen LogP contribution in [0.25, 0.3) is 0 Å². The van der Waals surface area contributed by atoms with E-state index in [0.29, 0.717) is 18.0 Å². The zero-order valence-electron chi connectivity index (χ0n) is 14.0. The first-order valence-electron chi connectivity index (χ1n) is 8.58. The van der Waals surface area contributed by atoms with Gasteiger partial charge in [-0.25, -0.2) is 14.3 Å². The normalized spacial score (nSPS) is 19.4. The molecule has 0 aromatic carbocycles. The highest BCUT2D eigenvalue weighted by Gasteiger charge is 2.36. The summed E-state index contributed by atoms with van der Waals surface area (Å²) in [7, 11) is 1.66. The molecular formula is C17H23N5OS. The number of hydrogen-bond donors (Lipinski definition) is 0. The van der Waals surface area contributed by atoms with Gasteiger partial charge >= 0.3 is 0 Å². The maximum absolute atomic E-state index is 5.28. The molecule has 7 heteroatoms. The molecule has 2 aliphatic rings. The summed E-state index contributed by atoms with van der Waals surface area (Å²) in [6.07, 6.45) is 8.50. The van der Waals surface area contributed by atoms with Crippen LogP contribution in [0.15, 0.2) is 24.0 Å². The van der Waals surface area contributed by atoms with Gasteiger partial charge in [0.2, 0.25) is 5.88 Å². The van der Waals surface area contributed by atoms with E-state index in [1.54, 1.807) is 13.4 Å². The fourth-order valence-electron chi connectivity index (χ4n) is 3.53. The average Bonchev–Trinajstić information content (AvgIpc) is 3.32. The van der Waals surface area contributed by atoms with Crippen LogP contribution < -0.4 is 9.64 Å². The highest BCUT2D eigenvalue weighted by Crippen LogP contribution is 2.36. The van der Waals surface area contributed by atoms with Gasteiger partial charge in [0.05, 0.1) is 7.11 Å². The first-order valence-corrected chi connectivity index (χ1v) is 9.42. The number of aromatic nitrogens is 3. The van der Waals surface area contributed by atoms with E-state index < -0.39 is 0 Å². The third-order valence-corrected chi connectivity index (χ3v) is 5.52. The number of methoxy groups -OCH3 is 1. The van der Waals surface area contributed by atoms with E-state index in [4.69, 9.17) is 4.74 Å². The fraction of sp³-hybridized carbons (Fsp3) is 0.588. The Labute approximate surface area is 146 Å². The van der Waals surface area contributed by atoms with E-state index in [9.17, 15) is 0 Å². The van der Waals surface area contributed by atoms with Crippen molar-refractivity contribution in [2.24, 2.45) is 0 Å². The third-order valence-electron chi connectivity index (χ3n) is 4.88. The average molecular weight is 345 g/mol. The molecule has 3 heterocycles. The van der Waals surface area contributed by atoms with Crippen molar-refractivity contribution in [1.29, 1.82) is 0 Å². The number of rotatable bonds is 6. The SMILES string of the molecule is COc1cc(N(C2CC2)C2CCN(Cc3cnsc3)CC2)ncn1. The predicted octanol–water partition coefficient (Wildman–Crippen LogP) is 2.58. The van der Waals surface area contributed by atoms with Crippen molar-refractivity contribution in [2.75, 3.05) is 25.1 Å². The highest BCUT2D eigenvalue weighted by molar-refractivity contribution is 7.03. The quantitative estimate of drug-likeness (QED) is 0.802. The van der Waals surface area contributed by atoms with Gasteiger partial charge in [0.1, 0.15) is 12.1 Å². The van der Waals surface area contributed by atoms with Crippen molar-refractivity contribution >= 4 is 17.4 Å². The van der Waals surface area contributed by atoms with Gasteiger partial charge in [0.15, 0.2) is 0 Å². The van der Waals surface area contributed by atoms with E-state index in [1.165, 1.54) is 42.8 Å². The Morgan fingerprint density at radius 2 is 2.00 bits per heavy atom. The molecule has 24 heavy (non-hydrogen) atoms. The van der Waals surface area contributed by atoms with Gasteiger partial charge < -0.3 is 9.64 Å². The second-order valence-corrected chi connectivity index (χ2v) is 7.25. The van der Waals surface area contributed by atoms with Gasteiger partial charge in [-0.05, 0) is 42.8 Å². The predicted molar refractivity (Wildman–Crippen MR) is 94.5 cm³/mol. The van der Waals surface area contributed by atoms with Gasteiger partial charge in [-0.1, -0.05) is 0 Å². The minimum atomic E-state index is 0.564. The second kappa shape index (κ2) is 7.03. The van der Waals surface area contributed by atoms with Crippen LogP contribution in [0.5, 0.6) is 5.88 Å². The van der Waals surface area contributed by atoms with Crippen LogP contribution in [0.2, 0.25) is 0 Å². The largest absolute Gasteiger partial charge is 0.481 e. The van der Waals surface area contributed by atoms with Crippen LogP contribution >= 0.6 is 11.5 Å². The minimum absolute atomic E-state index is 0.564. The Morgan fingerprint density at radius 3 is 2.67 bits per heavy atom. The zero-order valence-corrected chi connectivity index (χ0v) is 14.8. The molecule has 6 nitrogen and oxygen atoms in total. The zero-order chi connectivity index (χ0) is 16.4. The van der Waals surface area contributed by atoms with Crippen molar-refractivity contribution in [3.05, 3.63) is 29.5 Å². The van der Waals surface area contributed by atoms with Crippen molar-refractivity contribution < 1.29 is 4.74 Å². The monoisotopic (exact) mass is 345 g/mol. The summed E-state index contributed by atoms with van der Waals surface area (Å²) in [6.45, 7) is 3.28. The summed E-state index contributed by atoms with van der Waals surface area (Å²) in [5.74, 6) is 1.66. The standard InChI is InChI=1S/C17H23N5OS/c1-23-17-8-16(18-12-19-17)22(14-2-3-14)15-4-6-21(7-5-15)10-13-9-20-24-11-13/h8-9,11-12,14-15H,2-7,10H2,1H3. The van der Waals surface area contributed by atoms with E-state index in [1.807, 2.05) is 12.3 Å². The summed E-state index contributed by atoms with van der Waals surface area (Å²) in [5, 5.41) is 2.15. The lowest BCUT2D eigenvalue weighted by Gasteiger charge is -2.39. The van der Waals surface area contributed by atoms with E-state index in [0.717, 1.165) is 25.5 Å². The molecular weight excluding hydrogens is 322 g/mol. The summed E-state index contributed by atoms with van der Waals surface area (Å²) in [4.78, 5) is 13.7. The molecule has 0 bridgehead atoms. The van der Waals surface area contributed by atoms with Crippen molar-refractivity contribution in [3.63, 3.8) is 0 Å². The maximum Gasteiger partial charge on any atom is 0.218 e. The summed E-state index contributed by atoms with van der Waals surface area (Å²) < 4.78 is 9.48. The first-order chi connectivity index (χ1) is 11.8. The minimum Gasteiger partial charge on any atom is -0.481 e. The van der Waals surface area contributed by atoms with Crippen LogP contribution in [-0.2, 0) is 6.54 Å². The van der Waals surface area contributed by atoms with Gasteiger partial charge in [0, 0.05) is 49.4 Å². The molecule has 1 saturated carbocycles. The molecule has 2 aromatic heterocycles. The molecule has 1 aliphatic heterocycles. The van der Waals surface area contributed by atoms with E-state index in [-0.39, 0.29) is 0 Å². The smallest absolute Gasteiger partial charge is 0.218 e. The number of ether oxygens (including phenoxy) is 1. The third kappa shape index (κ3) is 3.52. The maximum atomic E-state index is 5.28. The molecule has 0 spiro atoms. The first kappa shape index (κ1) is 15.8. The lowest BCUT2D eigenvalue weighted by atomic mass is 10.0. The van der Waals surface area contributed by atoms with Crippen LogP contribution in [0.4, 0.5) is 5.82 Å². The highest BCUT2D eigenvalue weighted by atomic mass is 32.1. The topological polar surface area (TPSA) is 54.4 Å². The second-order valence-electron chi connectivity index (χ2n) is 6.60. The van der Waals surface area contributed by atoms with Gasteiger partial charge in [-0.3, -0.25) is 4.90 Å². The number of likely N-dealkylation sites (tertiary alicyclic amines) is 1. The molecule has 0 radical (unpaired) electrons. The molecule has 0 unspecified atom stereocenters. The van der Waals surface area contributed by atoms with Crippen LogP contribution in [-0.4, -0.2) is 51.5 Å². The lowest BCUT2D eigenvalue weighted by Crippen LogP contribution is -2.46. The molecule has 2 aromatic rings. The van der Waals surface area contributed by atoms with Crippen LogP contribution in [0.1, 0.15) is 31.2 Å². The van der Waals surface area contributed by atoms with Crippen molar-refractivity contribution in [1.82, 2.24) is 19.2 Å². The Morgan fingerprint density at radius 1 is 1.21 bits per heavy atom.